The summed E-state index contributed by atoms with van der Waals surface area (Å²) in [6.45, 7) is 3.38. The summed E-state index contributed by atoms with van der Waals surface area (Å²) in [5, 5.41) is 9.69. The lowest BCUT2D eigenvalue weighted by molar-refractivity contribution is -0.161. The standard InChI is InChI=1S/C41H69O9P/c1-3-5-6-7-8-9-10-11-12-15-19-22-25-28-31-35-41(44)50-39(37-49-51(45,46)47)36-48-40(43)34-30-27-24-21-18-16-13-14-17-20-23-26-29-33-38(42)32-4-2/h8-9,11-13,16-17,20-21,24,26,29,38-39,42H,3-7,10,14-15,18-19,22-23,25,27-28,30-37H2,1-2H3,(H2,45,46,47)/b9-8-,12-11-,16-13-,20-17-,24-21-,29-26-/t38?,39-/m1/s1. The highest BCUT2D eigenvalue weighted by atomic mass is 31.2. The van der Waals surface area contributed by atoms with Crippen molar-refractivity contribution in [1.29, 1.82) is 0 Å². The van der Waals surface area contributed by atoms with Crippen LogP contribution < -0.4 is 0 Å². The molecule has 1 unspecified atom stereocenters. The lowest BCUT2D eigenvalue weighted by atomic mass is 10.1. The van der Waals surface area contributed by atoms with Crippen LogP contribution in [0.15, 0.2) is 72.9 Å². The molecule has 0 amide bonds. The van der Waals surface area contributed by atoms with Crippen LogP contribution in [-0.2, 0) is 28.2 Å². The number of ether oxygens (including phenoxy) is 2. The largest absolute Gasteiger partial charge is 0.469 e. The number of unbranched alkanes of at least 4 members (excludes halogenated alkanes) is 9. The molecule has 0 aliphatic rings. The molecule has 0 bridgehead atoms. The van der Waals surface area contributed by atoms with E-state index in [0.29, 0.717) is 25.7 Å². The number of esters is 2. The summed E-state index contributed by atoms with van der Waals surface area (Å²) in [4.78, 5) is 42.7. The lowest BCUT2D eigenvalue weighted by Gasteiger charge is -2.18. The molecule has 3 N–H and O–H groups in total. The van der Waals surface area contributed by atoms with Gasteiger partial charge >= 0.3 is 19.8 Å². The molecule has 0 aromatic carbocycles. The van der Waals surface area contributed by atoms with Crippen LogP contribution in [0.2, 0.25) is 0 Å². The van der Waals surface area contributed by atoms with E-state index in [4.69, 9.17) is 19.3 Å². The van der Waals surface area contributed by atoms with E-state index in [2.05, 4.69) is 73.1 Å². The lowest BCUT2D eigenvalue weighted by Crippen LogP contribution is -2.29. The van der Waals surface area contributed by atoms with Gasteiger partial charge < -0.3 is 24.4 Å². The van der Waals surface area contributed by atoms with Crippen molar-refractivity contribution in [2.75, 3.05) is 13.2 Å². The normalized spacial score (nSPS) is 13.9. The molecule has 0 rings (SSSR count). The average Bonchev–Trinajstić information content (AvgIpc) is 3.09. The Morgan fingerprint density at radius 2 is 1.08 bits per heavy atom. The van der Waals surface area contributed by atoms with Gasteiger partial charge in [0.1, 0.15) is 6.61 Å². The number of carbonyl (C=O) groups is 2. The van der Waals surface area contributed by atoms with Crippen molar-refractivity contribution in [3.05, 3.63) is 72.9 Å². The highest BCUT2D eigenvalue weighted by Gasteiger charge is 2.22. The predicted molar refractivity (Wildman–Crippen MR) is 208 cm³/mol. The van der Waals surface area contributed by atoms with E-state index in [1.54, 1.807) is 0 Å². The van der Waals surface area contributed by atoms with Crippen LogP contribution in [0.4, 0.5) is 0 Å². The van der Waals surface area contributed by atoms with E-state index < -0.39 is 32.5 Å². The number of allylic oxidation sites excluding steroid dienone is 11. The molecule has 51 heavy (non-hydrogen) atoms. The van der Waals surface area contributed by atoms with Crippen molar-refractivity contribution in [3.8, 4) is 0 Å². The third-order valence-corrected chi connectivity index (χ3v) is 8.24. The molecule has 0 heterocycles. The third-order valence-electron chi connectivity index (χ3n) is 7.75. The number of carbonyl (C=O) groups excluding carboxylic acids is 2. The Bertz CT molecular complexity index is 1070. The van der Waals surface area contributed by atoms with E-state index in [1.807, 2.05) is 18.2 Å². The van der Waals surface area contributed by atoms with Gasteiger partial charge in [-0.25, -0.2) is 4.57 Å². The number of rotatable bonds is 34. The van der Waals surface area contributed by atoms with Crippen molar-refractivity contribution in [2.24, 2.45) is 0 Å². The van der Waals surface area contributed by atoms with Gasteiger partial charge in [0.25, 0.3) is 0 Å². The van der Waals surface area contributed by atoms with E-state index in [0.717, 1.165) is 77.0 Å². The number of hydrogen-bond acceptors (Lipinski definition) is 7. The molecular formula is C41H69O9P. The first kappa shape index (κ1) is 48.5. The second-order valence-corrected chi connectivity index (χ2v) is 14.0. The van der Waals surface area contributed by atoms with Gasteiger partial charge in [-0.1, -0.05) is 125 Å². The molecule has 10 heteroatoms. The van der Waals surface area contributed by atoms with Gasteiger partial charge in [0.2, 0.25) is 0 Å². The molecule has 0 aliphatic heterocycles. The Morgan fingerprint density at radius 1 is 0.588 bits per heavy atom. The number of hydrogen-bond donors (Lipinski definition) is 3. The van der Waals surface area contributed by atoms with Gasteiger partial charge in [-0.05, 0) is 83.5 Å². The van der Waals surface area contributed by atoms with Crippen LogP contribution in [0, 0.1) is 0 Å². The van der Waals surface area contributed by atoms with E-state index in [9.17, 15) is 19.3 Å². The fourth-order valence-electron chi connectivity index (χ4n) is 4.88. The predicted octanol–water partition coefficient (Wildman–Crippen LogP) is 10.5. The SMILES string of the molecule is CCCCC/C=C\C/C=C\CCCCCCCC(=O)O[C@H](COC(=O)CCC/C=C\C/C=C\C/C=C\C/C=C\CC(O)CCC)COP(=O)(O)O. The molecule has 0 spiro atoms. The second kappa shape index (κ2) is 35.8. The van der Waals surface area contributed by atoms with Crippen LogP contribution in [0.1, 0.15) is 149 Å². The number of aliphatic hydroxyl groups excluding tert-OH is 1. The minimum absolute atomic E-state index is 0.170. The summed E-state index contributed by atoms with van der Waals surface area (Å²) in [7, 11) is -4.78. The summed E-state index contributed by atoms with van der Waals surface area (Å²) >= 11 is 0. The molecule has 0 aromatic rings. The molecule has 0 radical (unpaired) electrons. The summed E-state index contributed by atoms with van der Waals surface area (Å²) in [5.41, 5.74) is 0. The van der Waals surface area contributed by atoms with Crippen molar-refractivity contribution >= 4 is 19.8 Å². The smallest absolute Gasteiger partial charge is 0.462 e. The summed E-state index contributed by atoms with van der Waals surface area (Å²) in [5.74, 6) is -0.994. The maximum Gasteiger partial charge on any atom is 0.469 e. The molecule has 0 aromatic heterocycles. The van der Waals surface area contributed by atoms with Crippen LogP contribution in [0.5, 0.6) is 0 Å². The van der Waals surface area contributed by atoms with Gasteiger partial charge in [0.05, 0.1) is 12.7 Å². The fraction of sp³-hybridized carbons (Fsp3) is 0.659. The maximum atomic E-state index is 12.4. The molecular weight excluding hydrogens is 667 g/mol. The zero-order valence-corrected chi connectivity index (χ0v) is 32.5. The van der Waals surface area contributed by atoms with Crippen LogP contribution >= 0.6 is 7.82 Å². The zero-order valence-electron chi connectivity index (χ0n) is 31.6. The highest BCUT2D eigenvalue weighted by Crippen LogP contribution is 2.36. The highest BCUT2D eigenvalue weighted by molar-refractivity contribution is 7.46. The zero-order chi connectivity index (χ0) is 37.7. The maximum absolute atomic E-state index is 12.4. The molecule has 0 aliphatic carbocycles. The van der Waals surface area contributed by atoms with Gasteiger partial charge in [-0.2, -0.15) is 0 Å². The Morgan fingerprint density at radius 3 is 1.65 bits per heavy atom. The number of phosphoric acid groups is 1. The molecule has 0 saturated heterocycles. The first-order valence-electron chi connectivity index (χ1n) is 19.3. The third kappa shape index (κ3) is 38.5. The van der Waals surface area contributed by atoms with Crippen LogP contribution in [0.3, 0.4) is 0 Å². The van der Waals surface area contributed by atoms with Gasteiger partial charge in [0.15, 0.2) is 6.10 Å². The minimum atomic E-state index is -4.78. The van der Waals surface area contributed by atoms with Crippen molar-refractivity contribution in [2.45, 2.75) is 161 Å². The Balaban J connectivity index is 4.12. The first-order valence-corrected chi connectivity index (χ1v) is 20.8. The molecule has 2 atom stereocenters. The number of aliphatic hydroxyl groups is 1. The average molecular weight is 737 g/mol. The van der Waals surface area contributed by atoms with E-state index >= 15 is 0 Å². The Labute approximate surface area is 309 Å². The molecule has 0 saturated carbocycles. The van der Waals surface area contributed by atoms with Crippen molar-refractivity contribution in [1.82, 2.24) is 0 Å². The van der Waals surface area contributed by atoms with Crippen molar-refractivity contribution < 1.29 is 43.0 Å². The van der Waals surface area contributed by atoms with E-state index in [-0.39, 0.29) is 25.6 Å². The monoisotopic (exact) mass is 736 g/mol. The first-order chi connectivity index (χ1) is 24.7. The van der Waals surface area contributed by atoms with Gasteiger partial charge in [0, 0.05) is 12.8 Å². The van der Waals surface area contributed by atoms with Gasteiger partial charge in [-0.3, -0.25) is 14.1 Å². The number of phosphoric ester groups is 1. The molecule has 9 nitrogen and oxygen atoms in total. The quantitative estimate of drug-likeness (QED) is 0.0255. The second-order valence-electron chi connectivity index (χ2n) is 12.7. The molecule has 292 valence electrons. The Kier molecular flexibility index (Phi) is 34.0. The summed E-state index contributed by atoms with van der Waals surface area (Å²) in [6.07, 6.45) is 42.6. The van der Waals surface area contributed by atoms with Crippen LogP contribution in [-0.4, -0.2) is 52.3 Å². The van der Waals surface area contributed by atoms with Gasteiger partial charge in [-0.15, -0.1) is 0 Å². The summed E-state index contributed by atoms with van der Waals surface area (Å²) < 4.78 is 26.2. The minimum Gasteiger partial charge on any atom is -0.462 e. The summed E-state index contributed by atoms with van der Waals surface area (Å²) in [6, 6.07) is 0. The topological polar surface area (TPSA) is 140 Å². The molecule has 0 fully saturated rings. The van der Waals surface area contributed by atoms with Crippen LogP contribution in [0.25, 0.3) is 0 Å². The Hall–Kier alpha value is -2.55. The van der Waals surface area contributed by atoms with E-state index in [1.165, 1.54) is 19.3 Å². The van der Waals surface area contributed by atoms with Crippen molar-refractivity contribution in [3.63, 3.8) is 0 Å². The fourth-order valence-corrected chi connectivity index (χ4v) is 5.24.